The van der Waals surface area contributed by atoms with E-state index in [1.54, 1.807) is 0 Å². The van der Waals surface area contributed by atoms with Gasteiger partial charge in [0.2, 0.25) is 0 Å². The third-order valence-corrected chi connectivity index (χ3v) is 6.00. The van der Waals surface area contributed by atoms with E-state index in [0.717, 1.165) is 50.0 Å². The maximum Gasteiger partial charge on any atom is 0.253 e. The summed E-state index contributed by atoms with van der Waals surface area (Å²) in [4.78, 5) is 19.5. The van der Waals surface area contributed by atoms with Gasteiger partial charge in [0.15, 0.2) is 0 Å². The Morgan fingerprint density at radius 1 is 1.17 bits per heavy atom. The van der Waals surface area contributed by atoms with Crippen LogP contribution in [0, 0.1) is 18.3 Å². The summed E-state index contributed by atoms with van der Waals surface area (Å²) in [6, 6.07) is 16.1. The second kappa shape index (κ2) is 8.45. The number of hydrogen-bond acceptors (Lipinski definition) is 3. The molecule has 1 amide bonds. The highest BCUT2D eigenvalue weighted by Crippen LogP contribution is 2.29. The lowest BCUT2D eigenvalue weighted by atomic mass is 9.88. The molecule has 0 aliphatic carbocycles. The molecule has 0 atom stereocenters. The van der Waals surface area contributed by atoms with E-state index in [4.69, 9.17) is 5.26 Å². The highest BCUT2D eigenvalue weighted by atomic mass is 16.2. The van der Waals surface area contributed by atoms with Gasteiger partial charge < -0.3 is 4.90 Å². The first-order valence-corrected chi connectivity index (χ1v) is 10.2. The number of aryl methyl sites for hydroxylation is 1. The molecule has 4 rings (SSSR count). The minimum absolute atomic E-state index is 0.121. The van der Waals surface area contributed by atoms with Crippen LogP contribution in [0.25, 0.3) is 0 Å². The van der Waals surface area contributed by atoms with Crippen molar-refractivity contribution >= 4 is 11.6 Å². The van der Waals surface area contributed by atoms with Crippen LogP contribution in [0.15, 0.2) is 59.7 Å². The Hall–Kier alpha value is -3.19. The molecule has 146 valence electrons. The molecule has 2 heterocycles. The quantitative estimate of drug-likeness (QED) is 0.762. The number of allylic oxidation sites excluding steroid dienone is 1. The molecule has 0 aromatic heterocycles. The largest absolute Gasteiger partial charge is 0.339 e. The Kier molecular flexibility index (Phi) is 5.57. The number of piperidine rings is 1. The number of nitriles is 1. The van der Waals surface area contributed by atoms with Crippen LogP contribution in [0.2, 0.25) is 0 Å². The van der Waals surface area contributed by atoms with Crippen molar-refractivity contribution < 1.29 is 4.79 Å². The Labute approximate surface area is 172 Å². The molecule has 2 aliphatic heterocycles. The summed E-state index contributed by atoms with van der Waals surface area (Å²) in [5.41, 5.74) is 6.27. The lowest BCUT2D eigenvalue weighted by Crippen LogP contribution is -2.38. The summed E-state index contributed by atoms with van der Waals surface area (Å²) < 4.78 is 0. The molecule has 4 nitrogen and oxygen atoms in total. The molecule has 0 bridgehead atoms. The maximum absolute atomic E-state index is 13.1. The van der Waals surface area contributed by atoms with E-state index in [9.17, 15) is 4.79 Å². The Morgan fingerprint density at radius 2 is 1.93 bits per heavy atom. The molecule has 0 unspecified atom stereocenters. The fraction of sp³-hybridized carbons (Fsp3) is 0.320. The molecular formula is C25H25N3O. The van der Waals surface area contributed by atoms with Crippen molar-refractivity contribution in [1.29, 1.82) is 5.26 Å². The number of hydrogen-bond donors (Lipinski definition) is 0. The summed E-state index contributed by atoms with van der Waals surface area (Å²) in [7, 11) is 0. The average Bonchev–Trinajstić information content (AvgIpc) is 3.28. The number of benzene rings is 2. The SMILES string of the molecule is Cc1ccc(C(=O)N2CCC(c3ccc(C#N)cc3)CC2)cc1CC1=NC=CC1. The molecule has 0 N–H and O–H groups in total. The van der Waals surface area contributed by atoms with Gasteiger partial charge in [0, 0.05) is 43.4 Å². The summed E-state index contributed by atoms with van der Waals surface area (Å²) in [6.07, 6.45) is 7.55. The van der Waals surface area contributed by atoms with Gasteiger partial charge in [0.05, 0.1) is 11.6 Å². The van der Waals surface area contributed by atoms with E-state index in [1.165, 1.54) is 16.7 Å². The molecule has 0 saturated carbocycles. The van der Waals surface area contributed by atoms with Crippen molar-refractivity contribution in [1.82, 2.24) is 4.90 Å². The molecule has 2 aromatic rings. The second-order valence-electron chi connectivity index (χ2n) is 7.90. The molecule has 1 fully saturated rings. The molecule has 0 radical (unpaired) electrons. The minimum atomic E-state index is 0.121. The first-order chi connectivity index (χ1) is 14.1. The minimum Gasteiger partial charge on any atom is -0.339 e. The smallest absolute Gasteiger partial charge is 0.253 e. The van der Waals surface area contributed by atoms with Crippen LogP contribution in [-0.4, -0.2) is 29.6 Å². The van der Waals surface area contributed by atoms with E-state index in [2.05, 4.69) is 30.1 Å². The highest BCUT2D eigenvalue weighted by Gasteiger charge is 2.25. The first kappa shape index (κ1) is 19.1. The van der Waals surface area contributed by atoms with Gasteiger partial charge in [-0.05, 0) is 66.6 Å². The normalized spacial score (nSPS) is 16.6. The van der Waals surface area contributed by atoms with E-state index in [-0.39, 0.29) is 5.91 Å². The number of rotatable bonds is 4. The molecule has 1 saturated heterocycles. The van der Waals surface area contributed by atoms with Gasteiger partial charge in [-0.25, -0.2) is 0 Å². The second-order valence-corrected chi connectivity index (χ2v) is 7.90. The van der Waals surface area contributed by atoms with Gasteiger partial charge >= 0.3 is 0 Å². The number of carbonyl (C=O) groups is 1. The zero-order valence-electron chi connectivity index (χ0n) is 16.8. The number of likely N-dealkylation sites (tertiary alicyclic amines) is 1. The molecule has 2 aromatic carbocycles. The fourth-order valence-electron chi connectivity index (χ4n) is 4.16. The van der Waals surface area contributed by atoms with Gasteiger partial charge in [0.25, 0.3) is 5.91 Å². The monoisotopic (exact) mass is 383 g/mol. The van der Waals surface area contributed by atoms with Crippen molar-refractivity contribution in [3.63, 3.8) is 0 Å². The zero-order valence-corrected chi connectivity index (χ0v) is 16.8. The number of amides is 1. The van der Waals surface area contributed by atoms with Crippen molar-refractivity contribution in [3.8, 4) is 6.07 Å². The van der Waals surface area contributed by atoms with Crippen LogP contribution in [0.3, 0.4) is 0 Å². The average molecular weight is 383 g/mol. The predicted molar refractivity (Wildman–Crippen MR) is 115 cm³/mol. The summed E-state index contributed by atoms with van der Waals surface area (Å²) in [6.45, 7) is 3.63. The van der Waals surface area contributed by atoms with Crippen LogP contribution < -0.4 is 0 Å². The standard InChI is InChI=1S/C25H25N3O/c1-18-4-7-22(15-23(18)16-24-3-2-12-27-24)25(29)28-13-10-21(11-14-28)20-8-5-19(17-26)6-9-20/h2,4-9,12,15,21H,3,10-11,13-14,16H2,1H3. The van der Waals surface area contributed by atoms with Crippen molar-refractivity contribution in [2.75, 3.05) is 13.1 Å². The fourth-order valence-corrected chi connectivity index (χ4v) is 4.16. The predicted octanol–water partition coefficient (Wildman–Crippen LogP) is 4.79. The number of nitrogens with zero attached hydrogens (tertiary/aromatic N) is 3. The lowest BCUT2D eigenvalue weighted by molar-refractivity contribution is 0.0713. The van der Waals surface area contributed by atoms with E-state index in [0.29, 0.717) is 11.5 Å². The Balaban J connectivity index is 1.41. The van der Waals surface area contributed by atoms with Crippen LogP contribution in [0.4, 0.5) is 0 Å². The Morgan fingerprint density at radius 3 is 2.59 bits per heavy atom. The third-order valence-electron chi connectivity index (χ3n) is 6.00. The molecular weight excluding hydrogens is 358 g/mol. The van der Waals surface area contributed by atoms with Gasteiger partial charge in [-0.2, -0.15) is 5.26 Å². The van der Waals surface area contributed by atoms with Crippen molar-refractivity contribution in [2.45, 2.75) is 38.5 Å². The maximum atomic E-state index is 13.1. The summed E-state index contributed by atoms with van der Waals surface area (Å²) in [5.74, 6) is 0.573. The summed E-state index contributed by atoms with van der Waals surface area (Å²) >= 11 is 0. The van der Waals surface area contributed by atoms with Crippen molar-refractivity contribution in [3.05, 3.63) is 82.6 Å². The summed E-state index contributed by atoms with van der Waals surface area (Å²) in [5, 5.41) is 8.96. The number of carbonyl (C=O) groups excluding carboxylic acids is 1. The van der Waals surface area contributed by atoms with E-state index in [1.807, 2.05) is 47.5 Å². The van der Waals surface area contributed by atoms with Gasteiger partial charge in [0.1, 0.15) is 0 Å². The molecule has 4 heteroatoms. The molecule has 29 heavy (non-hydrogen) atoms. The third kappa shape index (κ3) is 4.30. The first-order valence-electron chi connectivity index (χ1n) is 10.2. The lowest BCUT2D eigenvalue weighted by Gasteiger charge is -2.32. The zero-order chi connectivity index (χ0) is 20.2. The van der Waals surface area contributed by atoms with E-state index < -0.39 is 0 Å². The number of aliphatic imine (C=N–C) groups is 1. The van der Waals surface area contributed by atoms with Crippen LogP contribution >= 0.6 is 0 Å². The van der Waals surface area contributed by atoms with Crippen LogP contribution in [-0.2, 0) is 6.42 Å². The topological polar surface area (TPSA) is 56.5 Å². The molecule has 0 spiro atoms. The van der Waals surface area contributed by atoms with Crippen molar-refractivity contribution in [2.24, 2.45) is 4.99 Å². The van der Waals surface area contributed by atoms with Gasteiger partial charge in [-0.15, -0.1) is 0 Å². The van der Waals surface area contributed by atoms with E-state index >= 15 is 0 Å². The molecule has 2 aliphatic rings. The highest BCUT2D eigenvalue weighted by molar-refractivity contribution is 5.95. The van der Waals surface area contributed by atoms with Crippen LogP contribution in [0.1, 0.15) is 57.8 Å². The van der Waals surface area contributed by atoms with Crippen LogP contribution in [0.5, 0.6) is 0 Å². The Bertz CT molecular complexity index is 1000. The van der Waals surface area contributed by atoms with Gasteiger partial charge in [-0.1, -0.05) is 24.3 Å². The van der Waals surface area contributed by atoms with Gasteiger partial charge in [-0.3, -0.25) is 9.79 Å².